The molecule has 0 spiro atoms. The topological polar surface area (TPSA) is 53.1 Å². The highest BCUT2D eigenvalue weighted by Gasteiger charge is 2.13. The number of benzene rings is 1. The zero-order valence-corrected chi connectivity index (χ0v) is 12.2. The lowest BCUT2D eigenvalue weighted by Gasteiger charge is -2.23. The molecule has 17 heavy (non-hydrogen) atoms. The van der Waals surface area contributed by atoms with E-state index in [0.717, 1.165) is 28.7 Å². The van der Waals surface area contributed by atoms with Gasteiger partial charge in [0.05, 0.1) is 5.56 Å². The van der Waals surface area contributed by atoms with E-state index >= 15 is 0 Å². The first kappa shape index (κ1) is 14.0. The van der Waals surface area contributed by atoms with Crippen molar-refractivity contribution in [1.82, 2.24) is 0 Å². The van der Waals surface area contributed by atoms with Gasteiger partial charge in [0.2, 0.25) is 0 Å². The van der Waals surface area contributed by atoms with Gasteiger partial charge in [0.15, 0.2) is 0 Å². The molecule has 3 N–H and O–H groups in total. The predicted molar refractivity (Wildman–Crippen MR) is 77.9 cm³/mol. The highest BCUT2D eigenvalue weighted by molar-refractivity contribution is 9.10. The Morgan fingerprint density at radius 2 is 2.12 bits per heavy atom. The summed E-state index contributed by atoms with van der Waals surface area (Å²) in [4.78, 5) is 2.15. The lowest BCUT2D eigenvalue weighted by molar-refractivity contribution is 0.585. The molecule has 0 aliphatic carbocycles. The third-order valence-corrected chi connectivity index (χ3v) is 3.37. The maximum absolute atomic E-state index is 7.65. The number of hydrogen-bond acceptors (Lipinski definition) is 2. The SMILES string of the molecule is CC(C)CCN(C)c1cccc(Br)c1C(=N)N. The van der Waals surface area contributed by atoms with Crippen LogP contribution in [-0.4, -0.2) is 19.4 Å². The molecule has 0 saturated heterocycles. The van der Waals surface area contributed by atoms with Crippen molar-refractivity contribution >= 4 is 27.5 Å². The lowest BCUT2D eigenvalue weighted by atomic mass is 10.1. The van der Waals surface area contributed by atoms with Crippen LogP contribution in [0.15, 0.2) is 22.7 Å². The van der Waals surface area contributed by atoms with Crippen LogP contribution < -0.4 is 10.6 Å². The Labute approximate surface area is 112 Å². The fraction of sp³-hybridized carbons (Fsp3) is 0.462. The first-order valence-electron chi connectivity index (χ1n) is 5.77. The van der Waals surface area contributed by atoms with Gasteiger partial charge in [-0.1, -0.05) is 19.9 Å². The van der Waals surface area contributed by atoms with E-state index in [0.29, 0.717) is 5.92 Å². The Morgan fingerprint density at radius 3 is 2.65 bits per heavy atom. The van der Waals surface area contributed by atoms with Crippen molar-refractivity contribution in [3.63, 3.8) is 0 Å². The van der Waals surface area contributed by atoms with Crippen molar-refractivity contribution in [2.75, 3.05) is 18.5 Å². The summed E-state index contributed by atoms with van der Waals surface area (Å²) in [5, 5.41) is 7.65. The zero-order chi connectivity index (χ0) is 13.0. The molecule has 1 aromatic rings. The summed E-state index contributed by atoms with van der Waals surface area (Å²) in [5.74, 6) is 0.772. The van der Waals surface area contributed by atoms with Gasteiger partial charge >= 0.3 is 0 Å². The molecular formula is C13H20BrN3. The van der Waals surface area contributed by atoms with Gasteiger partial charge in [-0.05, 0) is 40.4 Å². The van der Waals surface area contributed by atoms with E-state index in [4.69, 9.17) is 11.1 Å². The van der Waals surface area contributed by atoms with E-state index in [2.05, 4.69) is 34.7 Å². The highest BCUT2D eigenvalue weighted by Crippen LogP contribution is 2.27. The molecule has 0 atom stereocenters. The van der Waals surface area contributed by atoms with Gasteiger partial charge in [0.25, 0.3) is 0 Å². The molecule has 94 valence electrons. The minimum atomic E-state index is 0.101. The summed E-state index contributed by atoms with van der Waals surface area (Å²) in [6.07, 6.45) is 1.13. The van der Waals surface area contributed by atoms with Crippen LogP contribution in [0.5, 0.6) is 0 Å². The van der Waals surface area contributed by atoms with Gasteiger partial charge in [-0.25, -0.2) is 0 Å². The average molecular weight is 298 g/mol. The van der Waals surface area contributed by atoms with E-state index in [1.54, 1.807) is 0 Å². The predicted octanol–water partition coefficient (Wildman–Crippen LogP) is 3.22. The van der Waals surface area contributed by atoms with Crippen LogP contribution in [0, 0.1) is 11.3 Å². The van der Waals surface area contributed by atoms with Gasteiger partial charge in [-0.2, -0.15) is 0 Å². The average Bonchev–Trinajstić information content (AvgIpc) is 2.24. The van der Waals surface area contributed by atoms with Crippen LogP contribution >= 0.6 is 15.9 Å². The molecule has 0 aliphatic heterocycles. The van der Waals surface area contributed by atoms with Gasteiger partial charge in [-0.3, -0.25) is 5.41 Å². The van der Waals surface area contributed by atoms with Crippen LogP contribution in [0.1, 0.15) is 25.8 Å². The molecule has 0 aromatic heterocycles. The highest BCUT2D eigenvalue weighted by atomic mass is 79.9. The smallest absolute Gasteiger partial charge is 0.126 e. The van der Waals surface area contributed by atoms with Gasteiger partial charge in [-0.15, -0.1) is 0 Å². The van der Waals surface area contributed by atoms with Crippen molar-refractivity contribution in [3.05, 3.63) is 28.2 Å². The molecule has 0 heterocycles. The largest absolute Gasteiger partial charge is 0.384 e. The van der Waals surface area contributed by atoms with Crippen LogP contribution in [0.2, 0.25) is 0 Å². The molecule has 0 amide bonds. The summed E-state index contributed by atoms with van der Waals surface area (Å²) in [5.41, 5.74) is 7.42. The second-order valence-corrected chi connectivity index (χ2v) is 5.51. The number of nitrogens with one attached hydrogen (secondary N) is 1. The first-order chi connectivity index (χ1) is 7.93. The summed E-state index contributed by atoms with van der Waals surface area (Å²) in [7, 11) is 2.04. The quantitative estimate of drug-likeness (QED) is 0.648. The van der Waals surface area contributed by atoms with Crippen LogP contribution in [0.25, 0.3) is 0 Å². The molecule has 0 radical (unpaired) electrons. The molecule has 0 unspecified atom stereocenters. The summed E-state index contributed by atoms with van der Waals surface area (Å²) in [6.45, 7) is 5.38. The number of rotatable bonds is 5. The lowest BCUT2D eigenvalue weighted by Crippen LogP contribution is -2.24. The van der Waals surface area contributed by atoms with Crippen molar-refractivity contribution in [2.24, 2.45) is 11.7 Å². The Balaban J connectivity index is 2.96. The Kier molecular flexibility index (Phi) is 5.00. The molecule has 4 heteroatoms. The number of nitrogens with zero attached hydrogens (tertiary/aromatic N) is 1. The molecular weight excluding hydrogens is 278 g/mol. The third-order valence-electron chi connectivity index (χ3n) is 2.71. The molecule has 3 nitrogen and oxygen atoms in total. The molecule has 0 fully saturated rings. The number of halogens is 1. The number of hydrogen-bond donors (Lipinski definition) is 2. The van der Waals surface area contributed by atoms with E-state index in [1.807, 2.05) is 25.2 Å². The molecule has 0 aliphatic rings. The van der Waals surface area contributed by atoms with E-state index in [-0.39, 0.29) is 5.84 Å². The molecule has 1 rings (SSSR count). The summed E-state index contributed by atoms with van der Waals surface area (Å²) < 4.78 is 0.874. The Morgan fingerprint density at radius 1 is 1.47 bits per heavy atom. The normalized spacial score (nSPS) is 10.6. The first-order valence-corrected chi connectivity index (χ1v) is 6.56. The standard InChI is InChI=1S/C13H20BrN3/c1-9(2)7-8-17(3)11-6-4-5-10(14)12(11)13(15)16/h4-6,9H,7-8H2,1-3H3,(H3,15,16). The number of nitrogen functional groups attached to an aromatic ring is 1. The number of nitrogens with two attached hydrogens (primary N) is 1. The minimum Gasteiger partial charge on any atom is -0.384 e. The molecule has 0 bridgehead atoms. The van der Waals surface area contributed by atoms with E-state index < -0.39 is 0 Å². The van der Waals surface area contributed by atoms with Crippen molar-refractivity contribution in [2.45, 2.75) is 20.3 Å². The monoisotopic (exact) mass is 297 g/mol. The number of anilines is 1. The van der Waals surface area contributed by atoms with Gasteiger partial charge in [0, 0.05) is 23.8 Å². The van der Waals surface area contributed by atoms with Gasteiger partial charge in [0.1, 0.15) is 5.84 Å². The second kappa shape index (κ2) is 6.05. The van der Waals surface area contributed by atoms with Crippen LogP contribution in [-0.2, 0) is 0 Å². The fourth-order valence-electron chi connectivity index (χ4n) is 1.67. The number of amidine groups is 1. The Hall–Kier alpha value is -1.03. The summed E-state index contributed by atoms with van der Waals surface area (Å²) in [6, 6.07) is 5.88. The second-order valence-electron chi connectivity index (χ2n) is 4.65. The van der Waals surface area contributed by atoms with Crippen molar-refractivity contribution in [3.8, 4) is 0 Å². The zero-order valence-electron chi connectivity index (χ0n) is 10.6. The fourth-order valence-corrected chi connectivity index (χ4v) is 2.24. The van der Waals surface area contributed by atoms with Crippen LogP contribution in [0.4, 0.5) is 5.69 Å². The maximum atomic E-state index is 7.65. The minimum absolute atomic E-state index is 0.101. The molecule has 0 saturated carbocycles. The maximum Gasteiger partial charge on any atom is 0.126 e. The molecule has 1 aromatic carbocycles. The van der Waals surface area contributed by atoms with Crippen molar-refractivity contribution in [1.29, 1.82) is 5.41 Å². The summed E-state index contributed by atoms with van der Waals surface area (Å²) >= 11 is 3.45. The van der Waals surface area contributed by atoms with Gasteiger partial charge < -0.3 is 10.6 Å². The third kappa shape index (κ3) is 3.73. The van der Waals surface area contributed by atoms with E-state index in [9.17, 15) is 0 Å². The van der Waals surface area contributed by atoms with Crippen molar-refractivity contribution < 1.29 is 0 Å². The van der Waals surface area contributed by atoms with E-state index in [1.165, 1.54) is 0 Å². The van der Waals surface area contributed by atoms with Crippen LogP contribution in [0.3, 0.4) is 0 Å². The Bertz CT molecular complexity index is 402.